The van der Waals surface area contributed by atoms with E-state index < -0.39 is 0 Å². The molecule has 0 aromatic carbocycles. The van der Waals surface area contributed by atoms with Crippen molar-refractivity contribution >= 4 is 0 Å². The van der Waals surface area contributed by atoms with E-state index in [0.717, 1.165) is 0 Å². The Labute approximate surface area is 78.8 Å². The molecular formula is C12H25. The summed E-state index contributed by atoms with van der Waals surface area (Å²) in [6.45, 7) is 11.5. The maximum Gasteiger partial charge on any atom is -0.0247 e. The van der Waals surface area contributed by atoms with Crippen LogP contribution in [0.1, 0.15) is 66.7 Å². The molecule has 73 valence electrons. The van der Waals surface area contributed by atoms with Gasteiger partial charge in [0.15, 0.2) is 0 Å². The normalized spacial score (nSPS) is 12.5. The molecule has 0 atom stereocenters. The number of unbranched alkanes of at least 4 members (excludes halogenated alkanes) is 3. The lowest BCUT2D eigenvalue weighted by Crippen LogP contribution is -2.16. The minimum absolute atomic E-state index is 0.466. The SMILES string of the molecule is CCCCCCC(C)(C)[C](C)C. The fraction of sp³-hybridized carbons (Fsp3) is 0.917. The molecule has 0 aliphatic heterocycles. The van der Waals surface area contributed by atoms with Gasteiger partial charge in [-0.25, -0.2) is 0 Å². The van der Waals surface area contributed by atoms with Gasteiger partial charge in [-0.15, -0.1) is 0 Å². The third-order valence-electron chi connectivity index (χ3n) is 3.01. The van der Waals surface area contributed by atoms with Crippen LogP contribution < -0.4 is 0 Å². The predicted molar refractivity (Wildman–Crippen MR) is 57.1 cm³/mol. The molecule has 0 saturated heterocycles. The highest BCUT2D eigenvalue weighted by Crippen LogP contribution is 2.33. The van der Waals surface area contributed by atoms with Crippen molar-refractivity contribution in [2.24, 2.45) is 5.41 Å². The topological polar surface area (TPSA) is 0 Å². The summed E-state index contributed by atoms with van der Waals surface area (Å²) in [7, 11) is 0. The van der Waals surface area contributed by atoms with Crippen LogP contribution in [-0.4, -0.2) is 0 Å². The fourth-order valence-electron chi connectivity index (χ4n) is 1.24. The Hall–Kier alpha value is 0. The first-order valence-corrected chi connectivity index (χ1v) is 5.31. The van der Waals surface area contributed by atoms with E-state index in [1.165, 1.54) is 32.1 Å². The van der Waals surface area contributed by atoms with Crippen LogP contribution >= 0.6 is 0 Å². The molecule has 0 aliphatic rings. The lowest BCUT2D eigenvalue weighted by atomic mass is 9.77. The van der Waals surface area contributed by atoms with Crippen LogP contribution in [0.15, 0.2) is 0 Å². The first-order valence-electron chi connectivity index (χ1n) is 5.31. The van der Waals surface area contributed by atoms with Gasteiger partial charge in [0.2, 0.25) is 0 Å². The Morgan fingerprint density at radius 3 is 2.00 bits per heavy atom. The monoisotopic (exact) mass is 169 g/mol. The average molecular weight is 169 g/mol. The summed E-state index contributed by atoms with van der Waals surface area (Å²) in [5.41, 5.74) is 0.466. The summed E-state index contributed by atoms with van der Waals surface area (Å²) >= 11 is 0. The molecule has 0 aromatic rings. The maximum absolute atomic E-state index is 2.36. The van der Waals surface area contributed by atoms with E-state index in [2.05, 4.69) is 34.6 Å². The van der Waals surface area contributed by atoms with Crippen LogP contribution in [0.5, 0.6) is 0 Å². The zero-order valence-corrected chi connectivity index (χ0v) is 9.54. The summed E-state index contributed by atoms with van der Waals surface area (Å²) in [4.78, 5) is 0. The Balaban J connectivity index is 3.47. The molecule has 0 nitrogen and oxygen atoms in total. The zero-order chi connectivity index (χ0) is 9.61. The van der Waals surface area contributed by atoms with E-state index in [4.69, 9.17) is 0 Å². The van der Waals surface area contributed by atoms with Crippen LogP contribution in [0.2, 0.25) is 0 Å². The Morgan fingerprint density at radius 2 is 1.58 bits per heavy atom. The standard InChI is InChI=1S/C12H25/c1-6-7-8-9-10-12(4,5)11(2)3/h6-10H2,1-5H3. The lowest BCUT2D eigenvalue weighted by molar-refractivity contribution is 0.340. The van der Waals surface area contributed by atoms with Crippen LogP contribution in [0.4, 0.5) is 0 Å². The van der Waals surface area contributed by atoms with Gasteiger partial charge < -0.3 is 0 Å². The van der Waals surface area contributed by atoms with Crippen molar-refractivity contribution in [3.63, 3.8) is 0 Å². The van der Waals surface area contributed by atoms with E-state index >= 15 is 0 Å². The molecule has 0 N–H and O–H groups in total. The quantitative estimate of drug-likeness (QED) is 0.510. The summed E-state index contributed by atoms with van der Waals surface area (Å²) in [6, 6.07) is 0. The summed E-state index contributed by atoms with van der Waals surface area (Å²) in [5, 5.41) is 0. The van der Waals surface area contributed by atoms with Gasteiger partial charge in [-0.1, -0.05) is 60.3 Å². The molecule has 1 radical (unpaired) electrons. The zero-order valence-electron chi connectivity index (χ0n) is 9.54. The average Bonchev–Trinajstić information content (AvgIpc) is 1.98. The molecule has 0 unspecified atom stereocenters. The third-order valence-corrected chi connectivity index (χ3v) is 3.01. The van der Waals surface area contributed by atoms with Gasteiger partial charge in [0.25, 0.3) is 0 Å². The third kappa shape index (κ3) is 4.79. The van der Waals surface area contributed by atoms with Gasteiger partial charge in [-0.2, -0.15) is 0 Å². The molecule has 0 fully saturated rings. The highest BCUT2D eigenvalue weighted by molar-refractivity contribution is 4.94. The molecule has 0 spiro atoms. The second kappa shape index (κ2) is 5.61. The smallest absolute Gasteiger partial charge is 0.0247 e. The van der Waals surface area contributed by atoms with Crippen molar-refractivity contribution in [3.05, 3.63) is 5.92 Å². The van der Waals surface area contributed by atoms with Crippen molar-refractivity contribution in [2.75, 3.05) is 0 Å². The maximum atomic E-state index is 2.36. The van der Waals surface area contributed by atoms with E-state index in [9.17, 15) is 0 Å². The molecule has 0 bridgehead atoms. The second-order valence-electron chi connectivity index (χ2n) is 4.69. The van der Waals surface area contributed by atoms with Gasteiger partial charge in [0, 0.05) is 0 Å². The predicted octanol–water partition coefficient (Wildman–Crippen LogP) is 4.60. The Bertz CT molecular complexity index is 101. The Kier molecular flexibility index (Phi) is 5.61. The van der Waals surface area contributed by atoms with Gasteiger partial charge in [0.05, 0.1) is 0 Å². The van der Waals surface area contributed by atoms with Crippen molar-refractivity contribution in [2.45, 2.75) is 66.7 Å². The highest BCUT2D eigenvalue weighted by atomic mass is 14.3. The number of rotatable bonds is 6. The largest absolute Gasteiger partial charge is 0.0654 e. The molecule has 0 heterocycles. The molecule has 0 heteroatoms. The van der Waals surface area contributed by atoms with Crippen LogP contribution in [-0.2, 0) is 0 Å². The molecule has 0 aliphatic carbocycles. The minimum atomic E-state index is 0.466. The second-order valence-corrected chi connectivity index (χ2v) is 4.69. The van der Waals surface area contributed by atoms with E-state index in [-0.39, 0.29) is 0 Å². The van der Waals surface area contributed by atoms with Gasteiger partial charge in [-0.05, 0) is 17.8 Å². The van der Waals surface area contributed by atoms with Crippen molar-refractivity contribution in [1.82, 2.24) is 0 Å². The minimum Gasteiger partial charge on any atom is -0.0654 e. The summed E-state index contributed by atoms with van der Waals surface area (Å²) in [5.74, 6) is 1.57. The van der Waals surface area contributed by atoms with Crippen molar-refractivity contribution < 1.29 is 0 Å². The van der Waals surface area contributed by atoms with Gasteiger partial charge >= 0.3 is 0 Å². The summed E-state index contributed by atoms with van der Waals surface area (Å²) in [6.07, 6.45) is 6.91. The molecule has 0 amide bonds. The summed E-state index contributed by atoms with van der Waals surface area (Å²) < 4.78 is 0. The fourth-order valence-corrected chi connectivity index (χ4v) is 1.24. The van der Waals surface area contributed by atoms with Crippen molar-refractivity contribution in [1.29, 1.82) is 0 Å². The van der Waals surface area contributed by atoms with Gasteiger partial charge in [-0.3, -0.25) is 0 Å². The Morgan fingerprint density at radius 1 is 1.00 bits per heavy atom. The van der Waals surface area contributed by atoms with E-state index in [1.54, 1.807) is 5.92 Å². The number of hydrogen-bond donors (Lipinski definition) is 0. The van der Waals surface area contributed by atoms with Crippen molar-refractivity contribution in [3.8, 4) is 0 Å². The first-order chi connectivity index (χ1) is 5.50. The van der Waals surface area contributed by atoms with Crippen LogP contribution in [0, 0.1) is 11.3 Å². The first kappa shape index (κ1) is 12.0. The number of hydrogen-bond acceptors (Lipinski definition) is 0. The molecular weight excluding hydrogens is 144 g/mol. The highest BCUT2D eigenvalue weighted by Gasteiger charge is 2.21. The van der Waals surface area contributed by atoms with Crippen LogP contribution in [0.3, 0.4) is 0 Å². The van der Waals surface area contributed by atoms with E-state index in [1.807, 2.05) is 0 Å². The van der Waals surface area contributed by atoms with E-state index in [0.29, 0.717) is 5.41 Å². The lowest BCUT2D eigenvalue weighted by Gasteiger charge is -2.28. The van der Waals surface area contributed by atoms with Gasteiger partial charge in [0.1, 0.15) is 0 Å². The molecule has 0 rings (SSSR count). The molecule has 0 saturated carbocycles. The molecule has 12 heavy (non-hydrogen) atoms. The van der Waals surface area contributed by atoms with Crippen LogP contribution in [0.25, 0.3) is 0 Å². The molecule has 0 aromatic heterocycles.